The Morgan fingerprint density at radius 3 is 2.92 bits per heavy atom. The number of fused-ring (bicyclic) bond motifs is 1. The smallest absolute Gasteiger partial charge is 0.155 e. The van der Waals surface area contributed by atoms with Gasteiger partial charge in [0.25, 0.3) is 0 Å². The number of aromatic nitrogens is 2. The fraction of sp³-hybridized carbons (Fsp3) is 0.111. The highest BCUT2D eigenvalue weighted by molar-refractivity contribution is 6.32. The quantitative estimate of drug-likeness (QED) is 0.767. The molecule has 1 N–H and O–H groups in total. The van der Waals surface area contributed by atoms with Crippen molar-refractivity contribution in [3.05, 3.63) is 59.5 Å². The first kappa shape index (κ1) is 14.8. The molecule has 24 heavy (non-hydrogen) atoms. The van der Waals surface area contributed by atoms with Crippen molar-refractivity contribution in [3.8, 4) is 11.5 Å². The summed E-state index contributed by atoms with van der Waals surface area (Å²) < 4.78 is 7.94. The molecular formula is C18H15ClN4O. The summed E-state index contributed by atoms with van der Waals surface area (Å²) in [5, 5.41) is 3.82. The number of benzene rings is 2. The van der Waals surface area contributed by atoms with Crippen molar-refractivity contribution in [1.29, 1.82) is 0 Å². The highest BCUT2D eigenvalue weighted by Gasteiger charge is 2.11. The minimum atomic E-state index is 0.535. The van der Waals surface area contributed by atoms with Gasteiger partial charge < -0.3 is 14.6 Å². The van der Waals surface area contributed by atoms with Gasteiger partial charge in [-0.2, -0.15) is 0 Å². The number of hydrogen-bond donors (Lipinski definition) is 1. The molecule has 1 aromatic heterocycles. The van der Waals surface area contributed by atoms with E-state index in [-0.39, 0.29) is 0 Å². The third-order valence-corrected chi connectivity index (χ3v) is 4.11. The van der Waals surface area contributed by atoms with Crippen LogP contribution in [-0.2, 0) is 7.05 Å². The first-order chi connectivity index (χ1) is 11.7. The van der Waals surface area contributed by atoms with Crippen LogP contribution in [0.1, 0.15) is 0 Å². The third-order valence-electron chi connectivity index (χ3n) is 3.82. The Bertz CT molecular complexity index is 974. The summed E-state index contributed by atoms with van der Waals surface area (Å²) >= 11 is 6.38. The first-order valence-electron chi connectivity index (χ1n) is 7.54. The predicted molar refractivity (Wildman–Crippen MR) is 97.3 cm³/mol. The summed E-state index contributed by atoms with van der Waals surface area (Å²) in [6.45, 7) is 0.664. The third kappa shape index (κ3) is 2.74. The van der Waals surface area contributed by atoms with Gasteiger partial charge in [-0.3, -0.25) is 4.99 Å². The second kappa shape index (κ2) is 6.02. The SMILES string of the molecule is Cn1cnc2c(Oc3ccc(NC4=CC=NC4)cc3Cl)cccc21. The molecule has 1 aliphatic heterocycles. The number of para-hydroxylation sites is 1. The number of aryl methyl sites for hydroxylation is 1. The van der Waals surface area contributed by atoms with Gasteiger partial charge in [-0.25, -0.2) is 4.98 Å². The highest BCUT2D eigenvalue weighted by atomic mass is 35.5. The number of ether oxygens (including phenoxy) is 1. The number of nitrogens with one attached hydrogen (secondary N) is 1. The van der Waals surface area contributed by atoms with Gasteiger partial charge in [0, 0.05) is 24.6 Å². The number of halogens is 1. The van der Waals surface area contributed by atoms with Crippen molar-refractivity contribution in [2.24, 2.45) is 12.0 Å². The van der Waals surface area contributed by atoms with E-state index in [2.05, 4.69) is 15.3 Å². The Labute approximate surface area is 144 Å². The van der Waals surface area contributed by atoms with Gasteiger partial charge in [0.05, 0.1) is 23.4 Å². The molecule has 5 nitrogen and oxygen atoms in total. The maximum Gasteiger partial charge on any atom is 0.155 e. The minimum absolute atomic E-state index is 0.535. The largest absolute Gasteiger partial charge is 0.453 e. The van der Waals surface area contributed by atoms with Crippen LogP contribution in [0, 0.1) is 0 Å². The van der Waals surface area contributed by atoms with Gasteiger partial charge in [-0.05, 0) is 36.4 Å². The zero-order valence-corrected chi connectivity index (χ0v) is 13.8. The Morgan fingerprint density at radius 1 is 1.21 bits per heavy atom. The summed E-state index contributed by atoms with van der Waals surface area (Å²) in [4.78, 5) is 8.53. The van der Waals surface area contributed by atoms with Crippen LogP contribution in [0.2, 0.25) is 5.02 Å². The molecule has 0 saturated heterocycles. The molecule has 0 aliphatic carbocycles. The van der Waals surface area contributed by atoms with Crippen molar-refractivity contribution in [3.63, 3.8) is 0 Å². The molecule has 120 valence electrons. The zero-order valence-electron chi connectivity index (χ0n) is 13.0. The number of anilines is 1. The van der Waals surface area contributed by atoms with Crippen molar-refractivity contribution in [2.75, 3.05) is 11.9 Å². The van der Waals surface area contributed by atoms with Crippen LogP contribution >= 0.6 is 11.6 Å². The maximum atomic E-state index is 6.38. The molecule has 0 atom stereocenters. The summed E-state index contributed by atoms with van der Waals surface area (Å²) in [6, 6.07) is 11.5. The van der Waals surface area contributed by atoms with E-state index in [4.69, 9.17) is 16.3 Å². The average molecular weight is 339 g/mol. The first-order valence-corrected chi connectivity index (χ1v) is 7.92. The van der Waals surface area contributed by atoms with Crippen molar-refractivity contribution >= 4 is 34.5 Å². The van der Waals surface area contributed by atoms with Gasteiger partial charge >= 0.3 is 0 Å². The van der Waals surface area contributed by atoms with Crippen LogP contribution in [0.4, 0.5) is 5.69 Å². The van der Waals surface area contributed by atoms with Crippen molar-refractivity contribution in [2.45, 2.75) is 0 Å². The number of imidazole rings is 1. The van der Waals surface area contributed by atoms with Gasteiger partial charge in [-0.1, -0.05) is 17.7 Å². The molecule has 0 fully saturated rings. The van der Waals surface area contributed by atoms with Gasteiger partial charge in [0.1, 0.15) is 11.3 Å². The second-order valence-electron chi connectivity index (χ2n) is 5.53. The van der Waals surface area contributed by atoms with Crippen LogP contribution in [0.5, 0.6) is 11.5 Å². The van der Waals surface area contributed by atoms with Crippen LogP contribution in [-0.4, -0.2) is 22.3 Å². The monoisotopic (exact) mass is 338 g/mol. The molecule has 0 saturated carbocycles. The molecule has 2 heterocycles. The number of allylic oxidation sites excluding steroid dienone is 1. The van der Waals surface area contributed by atoms with Gasteiger partial charge in [0.15, 0.2) is 5.75 Å². The molecule has 2 aromatic carbocycles. The van der Waals surface area contributed by atoms with E-state index in [1.54, 1.807) is 12.5 Å². The van der Waals surface area contributed by atoms with Crippen molar-refractivity contribution < 1.29 is 4.74 Å². The standard InChI is InChI=1S/C18H15ClN4O/c1-23-11-21-18-15(23)3-2-4-17(18)24-16-6-5-12(9-14(16)19)22-13-7-8-20-10-13/h2-9,11,22H,10H2,1H3. The Balaban J connectivity index is 1.60. The van der Waals surface area contributed by atoms with Gasteiger partial charge in [0.2, 0.25) is 0 Å². The Morgan fingerprint density at radius 2 is 2.12 bits per heavy atom. The van der Waals surface area contributed by atoms with E-state index in [0.717, 1.165) is 22.4 Å². The molecule has 0 amide bonds. The normalized spacial score (nSPS) is 13.3. The molecule has 0 radical (unpaired) electrons. The molecule has 0 unspecified atom stereocenters. The predicted octanol–water partition coefficient (Wildman–Crippen LogP) is 4.40. The summed E-state index contributed by atoms with van der Waals surface area (Å²) in [6.07, 6.45) is 5.50. The maximum absolute atomic E-state index is 6.38. The van der Waals surface area contributed by atoms with E-state index in [9.17, 15) is 0 Å². The topological polar surface area (TPSA) is 51.4 Å². The molecule has 4 rings (SSSR count). The minimum Gasteiger partial charge on any atom is -0.453 e. The zero-order chi connectivity index (χ0) is 16.5. The van der Waals surface area contributed by atoms with E-state index >= 15 is 0 Å². The molecule has 3 aromatic rings. The lowest BCUT2D eigenvalue weighted by molar-refractivity contribution is 0.487. The average Bonchev–Trinajstić information content (AvgIpc) is 3.21. The van der Waals surface area contributed by atoms with Crippen LogP contribution in [0.15, 0.2) is 59.5 Å². The van der Waals surface area contributed by atoms with Crippen LogP contribution < -0.4 is 10.1 Å². The molecular weight excluding hydrogens is 324 g/mol. The van der Waals surface area contributed by atoms with E-state index in [1.807, 2.05) is 54.1 Å². The number of aliphatic imine (C=N–C) groups is 1. The highest BCUT2D eigenvalue weighted by Crippen LogP contribution is 2.34. The fourth-order valence-corrected chi connectivity index (χ4v) is 2.83. The lowest BCUT2D eigenvalue weighted by Gasteiger charge is -2.11. The molecule has 0 bridgehead atoms. The Hall–Kier alpha value is -2.79. The van der Waals surface area contributed by atoms with Crippen LogP contribution in [0.25, 0.3) is 11.0 Å². The summed E-state index contributed by atoms with van der Waals surface area (Å²) in [5.41, 5.74) is 3.76. The van der Waals surface area contributed by atoms with Crippen LogP contribution in [0.3, 0.4) is 0 Å². The van der Waals surface area contributed by atoms with Crippen molar-refractivity contribution in [1.82, 2.24) is 9.55 Å². The number of hydrogen-bond acceptors (Lipinski definition) is 4. The number of rotatable bonds is 4. The van der Waals surface area contributed by atoms with E-state index < -0.39 is 0 Å². The van der Waals surface area contributed by atoms with Gasteiger partial charge in [-0.15, -0.1) is 0 Å². The lowest BCUT2D eigenvalue weighted by Crippen LogP contribution is -2.00. The summed E-state index contributed by atoms with van der Waals surface area (Å²) in [7, 11) is 1.95. The number of nitrogens with zero attached hydrogens (tertiary/aromatic N) is 3. The molecule has 6 heteroatoms. The second-order valence-corrected chi connectivity index (χ2v) is 5.94. The molecule has 0 spiro atoms. The fourth-order valence-electron chi connectivity index (χ4n) is 2.61. The lowest BCUT2D eigenvalue weighted by atomic mass is 10.2. The van der Waals surface area contributed by atoms with E-state index in [0.29, 0.717) is 23.1 Å². The Kier molecular flexibility index (Phi) is 3.70. The van der Waals surface area contributed by atoms with E-state index in [1.165, 1.54) is 0 Å². The summed E-state index contributed by atoms with van der Waals surface area (Å²) in [5.74, 6) is 1.28. The molecule has 1 aliphatic rings.